The molecule has 2 N–H and O–H groups in total. The van der Waals surface area contributed by atoms with Crippen LogP contribution in [0, 0.1) is 18.8 Å². The van der Waals surface area contributed by atoms with Crippen LogP contribution in [0.25, 0.3) is 0 Å². The monoisotopic (exact) mass is 274 g/mol. The molecule has 1 aromatic carbocycles. The number of carbonyl (C=O) groups excluding carboxylic acids is 1. The SMILES string of the molecule is CCNc1ccc(C)cc1C(=O)NCC1CCCC1C. The average Bonchev–Trinajstić information content (AvgIpc) is 2.84. The summed E-state index contributed by atoms with van der Waals surface area (Å²) in [7, 11) is 0. The molecular formula is C17H26N2O. The van der Waals surface area contributed by atoms with Crippen LogP contribution in [-0.2, 0) is 0 Å². The zero-order valence-electron chi connectivity index (χ0n) is 12.8. The largest absolute Gasteiger partial charge is 0.385 e. The van der Waals surface area contributed by atoms with Crippen LogP contribution in [0.15, 0.2) is 18.2 Å². The minimum absolute atomic E-state index is 0.0451. The predicted molar refractivity (Wildman–Crippen MR) is 84.2 cm³/mol. The van der Waals surface area contributed by atoms with E-state index < -0.39 is 0 Å². The summed E-state index contributed by atoms with van der Waals surface area (Å²) in [4.78, 5) is 12.4. The Balaban J connectivity index is 2.02. The third-order valence-corrected chi connectivity index (χ3v) is 4.35. The molecule has 2 unspecified atom stereocenters. The molecule has 0 spiro atoms. The molecule has 1 aliphatic carbocycles. The highest BCUT2D eigenvalue weighted by Gasteiger charge is 2.24. The summed E-state index contributed by atoms with van der Waals surface area (Å²) in [5.74, 6) is 1.43. The van der Waals surface area contributed by atoms with Crippen LogP contribution in [0.1, 0.15) is 49.0 Å². The highest BCUT2D eigenvalue weighted by molar-refractivity contribution is 5.99. The van der Waals surface area contributed by atoms with Crippen molar-refractivity contribution in [3.05, 3.63) is 29.3 Å². The van der Waals surface area contributed by atoms with Gasteiger partial charge >= 0.3 is 0 Å². The molecule has 0 radical (unpaired) electrons. The summed E-state index contributed by atoms with van der Waals surface area (Å²) in [6.07, 6.45) is 3.84. The molecular weight excluding hydrogens is 248 g/mol. The molecule has 0 aromatic heterocycles. The quantitative estimate of drug-likeness (QED) is 0.861. The van der Waals surface area contributed by atoms with Crippen molar-refractivity contribution in [2.75, 3.05) is 18.4 Å². The molecule has 110 valence electrons. The lowest BCUT2D eigenvalue weighted by Gasteiger charge is -2.17. The van der Waals surface area contributed by atoms with E-state index in [0.717, 1.165) is 35.8 Å². The van der Waals surface area contributed by atoms with Crippen LogP contribution in [-0.4, -0.2) is 19.0 Å². The number of aryl methyl sites for hydroxylation is 1. The summed E-state index contributed by atoms with van der Waals surface area (Å²) in [6.45, 7) is 7.98. The number of anilines is 1. The van der Waals surface area contributed by atoms with Gasteiger partial charge in [0.05, 0.1) is 5.56 Å². The molecule has 2 rings (SSSR count). The molecule has 1 amide bonds. The van der Waals surface area contributed by atoms with E-state index in [2.05, 4.69) is 17.6 Å². The lowest BCUT2D eigenvalue weighted by Crippen LogP contribution is -2.30. The molecule has 3 nitrogen and oxygen atoms in total. The van der Waals surface area contributed by atoms with Crippen molar-refractivity contribution in [2.24, 2.45) is 11.8 Å². The first kappa shape index (κ1) is 14.9. The van der Waals surface area contributed by atoms with Crippen LogP contribution in [0.4, 0.5) is 5.69 Å². The number of carbonyl (C=O) groups is 1. The van der Waals surface area contributed by atoms with Crippen molar-refractivity contribution in [3.63, 3.8) is 0 Å². The van der Waals surface area contributed by atoms with Gasteiger partial charge in [0.1, 0.15) is 0 Å². The fourth-order valence-corrected chi connectivity index (χ4v) is 3.04. The van der Waals surface area contributed by atoms with Gasteiger partial charge in [-0.3, -0.25) is 4.79 Å². The van der Waals surface area contributed by atoms with Crippen molar-refractivity contribution in [2.45, 2.75) is 40.0 Å². The minimum atomic E-state index is 0.0451. The molecule has 20 heavy (non-hydrogen) atoms. The van der Waals surface area contributed by atoms with E-state index in [1.807, 2.05) is 32.0 Å². The standard InChI is InChI=1S/C17H26N2O/c1-4-18-16-9-8-12(2)10-15(16)17(20)19-11-14-7-5-6-13(14)3/h8-10,13-14,18H,4-7,11H2,1-3H3,(H,19,20). The second-order valence-electron chi connectivity index (χ2n) is 5.96. The Morgan fingerprint density at radius 3 is 2.80 bits per heavy atom. The maximum Gasteiger partial charge on any atom is 0.253 e. The second-order valence-corrected chi connectivity index (χ2v) is 5.96. The van der Waals surface area contributed by atoms with Gasteiger partial charge in [0.15, 0.2) is 0 Å². The predicted octanol–water partition coefficient (Wildman–Crippen LogP) is 3.59. The van der Waals surface area contributed by atoms with Crippen LogP contribution in [0.5, 0.6) is 0 Å². The van der Waals surface area contributed by atoms with E-state index in [4.69, 9.17) is 0 Å². The molecule has 2 atom stereocenters. The Morgan fingerprint density at radius 1 is 1.35 bits per heavy atom. The molecule has 0 bridgehead atoms. The summed E-state index contributed by atoms with van der Waals surface area (Å²) >= 11 is 0. The van der Waals surface area contributed by atoms with Crippen LogP contribution < -0.4 is 10.6 Å². The Kier molecular flexibility index (Phi) is 5.05. The minimum Gasteiger partial charge on any atom is -0.385 e. The number of hydrogen-bond acceptors (Lipinski definition) is 2. The fourth-order valence-electron chi connectivity index (χ4n) is 3.04. The number of benzene rings is 1. The van der Waals surface area contributed by atoms with Crippen molar-refractivity contribution >= 4 is 11.6 Å². The smallest absolute Gasteiger partial charge is 0.253 e. The molecule has 1 fully saturated rings. The Bertz CT molecular complexity index is 470. The molecule has 3 heteroatoms. The van der Waals surface area contributed by atoms with Crippen LogP contribution >= 0.6 is 0 Å². The van der Waals surface area contributed by atoms with Gasteiger partial charge in [-0.2, -0.15) is 0 Å². The molecule has 0 aliphatic heterocycles. The van der Waals surface area contributed by atoms with Crippen LogP contribution in [0.2, 0.25) is 0 Å². The first-order valence-corrected chi connectivity index (χ1v) is 7.74. The molecule has 1 aromatic rings. The van der Waals surface area contributed by atoms with Crippen LogP contribution in [0.3, 0.4) is 0 Å². The van der Waals surface area contributed by atoms with Crippen molar-refractivity contribution in [3.8, 4) is 0 Å². The molecule has 0 heterocycles. The van der Waals surface area contributed by atoms with Gasteiger partial charge in [0.2, 0.25) is 0 Å². The van der Waals surface area contributed by atoms with Gasteiger partial charge in [-0.15, -0.1) is 0 Å². The normalized spacial score (nSPS) is 21.8. The van der Waals surface area contributed by atoms with Crippen molar-refractivity contribution in [1.82, 2.24) is 5.32 Å². The van der Waals surface area contributed by atoms with Gasteiger partial charge in [-0.1, -0.05) is 31.4 Å². The Hall–Kier alpha value is -1.51. The highest BCUT2D eigenvalue weighted by Crippen LogP contribution is 2.30. The van der Waals surface area contributed by atoms with Gasteiger partial charge in [-0.05, 0) is 44.2 Å². The number of rotatable bonds is 5. The number of nitrogens with one attached hydrogen (secondary N) is 2. The fraction of sp³-hybridized carbons (Fsp3) is 0.588. The topological polar surface area (TPSA) is 41.1 Å². The molecule has 0 saturated heterocycles. The second kappa shape index (κ2) is 6.78. The maximum absolute atomic E-state index is 12.4. The first-order valence-electron chi connectivity index (χ1n) is 7.74. The van der Waals surface area contributed by atoms with E-state index in [0.29, 0.717) is 5.92 Å². The first-order chi connectivity index (χ1) is 9.61. The third-order valence-electron chi connectivity index (χ3n) is 4.35. The average molecular weight is 274 g/mol. The van der Waals surface area contributed by atoms with Gasteiger partial charge in [0.25, 0.3) is 5.91 Å². The third kappa shape index (κ3) is 3.53. The van der Waals surface area contributed by atoms with E-state index in [1.54, 1.807) is 0 Å². The van der Waals surface area contributed by atoms with Gasteiger partial charge in [-0.25, -0.2) is 0 Å². The maximum atomic E-state index is 12.4. The van der Waals surface area contributed by atoms with Crippen molar-refractivity contribution < 1.29 is 4.79 Å². The lowest BCUT2D eigenvalue weighted by molar-refractivity contribution is 0.0945. The van der Waals surface area contributed by atoms with E-state index >= 15 is 0 Å². The Labute approximate surface area is 122 Å². The van der Waals surface area contributed by atoms with E-state index in [9.17, 15) is 4.79 Å². The van der Waals surface area contributed by atoms with Gasteiger partial charge < -0.3 is 10.6 Å². The zero-order valence-corrected chi connectivity index (χ0v) is 12.8. The van der Waals surface area contributed by atoms with Crippen molar-refractivity contribution in [1.29, 1.82) is 0 Å². The summed E-state index contributed by atoms with van der Waals surface area (Å²) in [5.41, 5.74) is 2.80. The summed E-state index contributed by atoms with van der Waals surface area (Å²) in [6, 6.07) is 5.99. The highest BCUT2D eigenvalue weighted by atomic mass is 16.1. The summed E-state index contributed by atoms with van der Waals surface area (Å²) < 4.78 is 0. The van der Waals surface area contributed by atoms with Gasteiger partial charge in [0, 0.05) is 18.8 Å². The zero-order chi connectivity index (χ0) is 14.5. The Morgan fingerprint density at radius 2 is 2.15 bits per heavy atom. The van der Waals surface area contributed by atoms with E-state index in [1.165, 1.54) is 19.3 Å². The molecule has 1 saturated carbocycles. The number of amides is 1. The summed E-state index contributed by atoms with van der Waals surface area (Å²) in [5, 5.41) is 6.38. The van der Waals surface area contributed by atoms with E-state index in [-0.39, 0.29) is 5.91 Å². The lowest BCUT2D eigenvalue weighted by atomic mass is 9.98. The number of hydrogen-bond donors (Lipinski definition) is 2. The molecule has 1 aliphatic rings.